The van der Waals surface area contributed by atoms with Gasteiger partial charge in [0.25, 0.3) is 0 Å². The van der Waals surface area contributed by atoms with E-state index in [1.54, 1.807) is 6.92 Å². The van der Waals surface area contributed by atoms with E-state index < -0.39 is 17.7 Å². The Morgan fingerprint density at radius 2 is 2.09 bits per heavy atom. The van der Waals surface area contributed by atoms with Gasteiger partial charge in [-0.3, -0.25) is 0 Å². The van der Waals surface area contributed by atoms with Crippen LogP contribution in [-0.2, 0) is 4.79 Å². The molecule has 0 radical (unpaired) electrons. The van der Waals surface area contributed by atoms with Crippen LogP contribution in [0.4, 0.5) is 0 Å². The quantitative estimate of drug-likeness (QED) is 0.543. The molecular formula is C7H14O4. The summed E-state index contributed by atoms with van der Waals surface area (Å²) >= 11 is 0. The number of aliphatic hydroxyl groups excluding tert-OH is 1. The number of hydrogen-bond acceptors (Lipinski definition) is 3. The highest BCUT2D eigenvalue weighted by Gasteiger charge is 2.37. The SMILES string of the molecule is CCCC(O)C(C)(O)C(=O)O. The molecule has 4 nitrogen and oxygen atoms in total. The maximum Gasteiger partial charge on any atom is 0.338 e. The van der Waals surface area contributed by atoms with E-state index in [4.69, 9.17) is 15.3 Å². The Balaban J connectivity index is 4.17. The van der Waals surface area contributed by atoms with E-state index in [9.17, 15) is 4.79 Å². The van der Waals surface area contributed by atoms with Crippen molar-refractivity contribution in [2.24, 2.45) is 0 Å². The van der Waals surface area contributed by atoms with E-state index in [1.165, 1.54) is 0 Å². The molecule has 4 heteroatoms. The fourth-order valence-corrected chi connectivity index (χ4v) is 0.697. The van der Waals surface area contributed by atoms with Crippen LogP contribution in [0.25, 0.3) is 0 Å². The molecule has 0 spiro atoms. The number of aliphatic carboxylic acids is 1. The van der Waals surface area contributed by atoms with E-state index >= 15 is 0 Å². The highest BCUT2D eigenvalue weighted by Crippen LogP contribution is 2.14. The normalized spacial score (nSPS) is 18.9. The van der Waals surface area contributed by atoms with Gasteiger partial charge in [0.1, 0.15) is 0 Å². The highest BCUT2D eigenvalue weighted by molar-refractivity contribution is 5.77. The third-order valence-electron chi connectivity index (χ3n) is 1.64. The average molecular weight is 162 g/mol. The van der Waals surface area contributed by atoms with Crippen molar-refractivity contribution in [1.82, 2.24) is 0 Å². The van der Waals surface area contributed by atoms with Crippen molar-refractivity contribution in [2.45, 2.75) is 38.4 Å². The number of carboxylic acids is 1. The Kier molecular flexibility index (Phi) is 3.48. The fraction of sp³-hybridized carbons (Fsp3) is 0.857. The van der Waals surface area contributed by atoms with E-state index in [0.717, 1.165) is 6.92 Å². The zero-order valence-electron chi connectivity index (χ0n) is 6.74. The maximum absolute atomic E-state index is 10.3. The first kappa shape index (κ1) is 10.4. The lowest BCUT2D eigenvalue weighted by Crippen LogP contribution is -2.46. The first-order valence-corrected chi connectivity index (χ1v) is 3.56. The smallest absolute Gasteiger partial charge is 0.338 e. The van der Waals surface area contributed by atoms with Crippen molar-refractivity contribution in [1.29, 1.82) is 0 Å². The lowest BCUT2D eigenvalue weighted by atomic mass is 9.96. The Bertz CT molecular complexity index is 141. The zero-order valence-corrected chi connectivity index (χ0v) is 6.74. The Hall–Kier alpha value is -0.610. The summed E-state index contributed by atoms with van der Waals surface area (Å²) in [6.07, 6.45) is -0.255. The number of carbonyl (C=O) groups is 1. The fourth-order valence-electron chi connectivity index (χ4n) is 0.697. The molecule has 0 bridgehead atoms. The first-order valence-electron chi connectivity index (χ1n) is 3.56. The van der Waals surface area contributed by atoms with E-state index in [1.807, 2.05) is 0 Å². The minimum absolute atomic E-state index is 0.291. The van der Waals surface area contributed by atoms with Gasteiger partial charge >= 0.3 is 5.97 Å². The van der Waals surface area contributed by atoms with Gasteiger partial charge in [-0.05, 0) is 13.3 Å². The minimum Gasteiger partial charge on any atom is -0.479 e. The van der Waals surface area contributed by atoms with Gasteiger partial charge in [0.15, 0.2) is 5.60 Å². The van der Waals surface area contributed by atoms with Crippen molar-refractivity contribution in [3.05, 3.63) is 0 Å². The number of carboxylic acid groups (broad SMARTS) is 1. The molecule has 3 N–H and O–H groups in total. The van der Waals surface area contributed by atoms with Gasteiger partial charge in [-0.2, -0.15) is 0 Å². The van der Waals surface area contributed by atoms with Crippen LogP contribution in [0.2, 0.25) is 0 Å². The van der Waals surface area contributed by atoms with Crippen molar-refractivity contribution >= 4 is 5.97 Å². The molecule has 2 atom stereocenters. The molecule has 0 heterocycles. The summed E-state index contributed by atoms with van der Waals surface area (Å²) in [5, 5.41) is 26.7. The van der Waals surface area contributed by atoms with Crippen LogP contribution in [0, 0.1) is 0 Å². The molecule has 0 aliphatic heterocycles. The molecule has 0 aromatic rings. The Morgan fingerprint density at radius 1 is 1.64 bits per heavy atom. The molecular weight excluding hydrogens is 148 g/mol. The molecule has 2 unspecified atom stereocenters. The Labute approximate surface area is 65.5 Å². The summed E-state index contributed by atoms with van der Waals surface area (Å²) in [6.45, 7) is 2.90. The molecule has 66 valence electrons. The molecule has 0 rings (SSSR count). The summed E-state index contributed by atoms with van der Waals surface area (Å²) in [5.74, 6) is -1.39. The van der Waals surface area contributed by atoms with Crippen LogP contribution < -0.4 is 0 Å². The molecule has 0 aliphatic carbocycles. The molecule has 0 saturated carbocycles. The molecule has 11 heavy (non-hydrogen) atoms. The summed E-state index contributed by atoms with van der Waals surface area (Å²) in [5.41, 5.74) is -2.02. The second-order valence-corrected chi connectivity index (χ2v) is 2.76. The molecule has 0 aliphatic rings. The third-order valence-corrected chi connectivity index (χ3v) is 1.64. The average Bonchev–Trinajstić information content (AvgIpc) is 1.88. The van der Waals surface area contributed by atoms with Crippen LogP contribution in [0.3, 0.4) is 0 Å². The summed E-state index contributed by atoms with van der Waals surface area (Å²) in [7, 11) is 0. The Morgan fingerprint density at radius 3 is 2.36 bits per heavy atom. The lowest BCUT2D eigenvalue weighted by Gasteiger charge is -2.23. The second-order valence-electron chi connectivity index (χ2n) is 2.76. The summed E-state index contributed by atoms with van der Waals surface area (Å²) < 4.78 is 0. The van der Waals surface area contributed by atoms with Crippen molar-refractivity contribution in [3.8, 4) is 0 Å². The predicted octanol–water partition coefficient (Wildman–Crippen LogP) is -0.0170. The number of rotatable bonds is 4. The summed E-state index contributed by atoms with van der Waals surface area (Å²) in [6, 6.07) is 0. The molecule has 0 aromatic heterocycles. The first-order chi connectivity index (χ1) is 4.92. The second kappa shape index (κ2) is 3.69. The van der Waals surface area contributed by atoms with Crippen molar-refractivity contribution in [3.63, 3.8) is 0 Å². The van der Waals surface area contributed by atoms with Crippen LogP contribution in [0.1, 0.15) is 26.7 Å². The van der Waals surface area contributed by atoms with E-state index in [2.05, 4.69) is 0 Å². The van der Waals surface area contributed by atoms with Crippen LogP contribution in [-0.4, -0.2) is 33.0 Å². The van der Waals surface area contributed by atoms with Gasteiger partial charge in [-0.1, -0.05) is 13.3 Å². The van der Waals surface area contributed by atoms with Gasteiger partial charge in [0.2, 0.25) is 0 Å². The topological polar surface area (TPSA) is 77.8 Å². The van der Waals surface area contributed by atoms with Gasteiger partial charge in [0, 0.05) is 0 Å². The maximum atomic E-state index is 10.3. The standard InChI is InChI=1S/C7H14O4/c1-3-4-5(8)7(2,11)6(9)10/h5,8,11H,3-4H2,1-2H3,(H,9,10). The molecule has 0 amide bonds. The highest BCUT2D eigenvalue weighted by atomic mass is 16.4. The van der Waals surface area contributed by atoms with Gasteiger partial charge in [-0.15, -0.1) is 0 Å². The van der Waals surface area contributed by atoms with Crippen LogP contribution >= 0.6 is 0 Å². The van der Waals surface area contributed by atoms with Gasteiger partial charge in [0.05, 0.1) is 6.10 Å². The number of aliphatic hydroxyl groups is 2. The van der Waals surface area contributed by atoms with Crippen molar-refractivity contribution in [2.75, 3.05) is 0 Å². The third kappa shape index (κ3) is 2.48. The van der Waals surface area contributed by atoms with Gasteiger partial charge in [-0.25, -0.2) is 4.79 Å². The molecule has 0 saturated heterocycles. The van der Waals surface area contributed by atoms with Crippen LogP contribution in [0.5, 0.6) is 0 Å². The van der Waals surface area contributed by atoms with E-state index in [-0.39, 0.29) is 0 Å². The molecule has 0 aromatic carbocycles. The zero-order chi connectivity index (χ0) is 9.07. The largest absolute Gasteiger partial charge is 0.479 e. The predicted molar refractivity (Wildman–Crippen MR) is 39.2 cm³/mol. The minimum atomic E-state index is -2.02. The van der Waals surface area contributed by atoms with Gasteiger partial charge < -0.3 is 15.3 Å². The molecule has 0 fully saturated rings. The van der Waals surface area contributed by atoms with E-state index in [0.29, 0.717) is 12.8 Å². The van der Waals surface area contributed by atoms with Crippen molar-refractivity contribution < 1.29 is 20.1 Å². The number of hydrogen-bond donors (Lipinski definition) is 3. The summed E-state index contributed by atoms with van der Waals surface area (Å²) in [4.78, 5) is 10.3. The lowest BCUT2D eigenvalue weighted by molar-refractivity contribution is -0.168. The van der Waals surface area contributed by atoms with Crippen LogP contribution in [0.15, 0.2) is 0 Å². The monoisotopic (exact) mass is 162 g/mol.